The summed E-state index contributed by atoms with van der Waals surface area (Å²) in [5.41, 5.74) is 4.10. The molecule has 4 nitrogen and oxygen atoms in total. The van der Waals surface area contributed by atoms with Crippen LogP contribution in [0.1, 0.15) is 49.0 Å². The standard InChI is InChI=1S/C28H32O4/c1-4-5-6-7-22-8-10-23(11-9-22)24-12-14-25(15-13-24)28(29)32-27-18-16-26(17-19-27)31-21(2)20-30-3/h8-19,21H,4-7,20H2,1-3H3/t21-/m1/s1. The summed E-state index contributed by atoms with van der Waals surface area (Å²) in [4.78, 5) is 12.5. The molecule has 0 saturated heterocycles. The quantitative estimate of drug-likeness (QED) is 0.192. The Balaban J connectivity index is 1.57. The van der Waals surface area contributed by atoms with Crippen molar-refractivity contribution in [3.63, 3.8) is 0 Å². The smallest absolute Gasteiger partial charge is 0.343 e. The normalized spacial score (nSPS) is 11.7. The highest BCUT2D eigenvalue weighted by atomic mass is 16.5. The minimum Gasteiger partial charge on any atom is -0.488 e. The van der Waals surface area contributed by atoms with Crippen LogP contribution in [0.4, 0.5) is 0 Å². The third-order valence-corrected chi connectivity index (χ3v) is 5.25. The molecule has 168 valence electrons. The fraction of sp³-hybridized carbons (Fsp3) is 0.321. The lowest BCUT2D eigenvalue weighted by Gasteiger charge is -2.13. The number of ether oxygens (including phenoxy) is 3. The molecular weight excluding hydrogens is 400 g/mol. The van der Waals surface area contributed by atoms with Gasteiger partial charge in [0.25, 0.3) is 0 Å². The van der Waals surface area contributed by atoms with E-state index in [4.69, 9.17) is 14.2 Å². The van der Waals surface area contributed by atoms with E-state index >= 15 is 0 Å². The molecule has 1 atom stereocenters. The SMILES string of the molecule is CCCCCc1ccc(-c2ccc(C(=O)Oc3ccc(O[C@H](C)COC)cc3)cc2)cc1. The lowest BCUT2D eigenvalue weighted by molar-refractivity contribution is 0.0733. The van der Waals surface area contributed by atoms with Gasteiger partial charge in [-0.2, -0.15) is 0 Å². The first-order valence-electron chi connectivity index (χ1n) is 11.3. The van der Waals surface area contributed by atoms with E-state index in [0.717, 1.165) is 17.5 Å². The highest BCUT2D eigenvalue weighted by molar-refractivity contribution is 5.91. The lowest BCUT2D eigenvalue weighted by Crippen LogP contribution is -2.17. The molecule has 0 fully saturated rings. The molecule has 3 aromatic rings. The van der Waals surface area contributed by atoms with Gasteiger partial charge in [0, 0.05) is 7.11 Å². The van der Waals surface area contributed by atoms with E-state index in [-0.39, 0.29) is 12.1 Å². The summed E-state index contributed by atoms with van der Waals surface area (Å²) in [5, 5.41) is 0. The Morgan fingerprint density at radius 2 is 1.41 bits per heavy atom. The van der Waals surface area contributed by atoms with Gasteiger partial charge in [-0.25, -0.2) is 4.79 Å². The zero-order valence-electron chi connectivity index (χ0n) is 19.2. The predicted octanol–water partition coefficient (Wildman–Crippen LogP) is 6.72. The summed E-state index contributed by atoms with van der Waals surface area (Å²) in [5.74, 6) is 0.795. The van der Waals surface area contributed by atoms with Crippen molar-refractivity contribution in [1.82, 2.24) is 0 Å². The Morgan fingerprint density at radius 1 is 0.812 bits per heavy atom. The van der Waals surface area contributed by atoms with Crippen LogP contribution in [0.3, 0.4) is 0 Å². The maximum absolute atomic E-state index is 12.5. The van der Waals surface area contributed by atoms with E-state index in [1.807, 2.05) is 19.1 Å². The number of benzene rings is 3. The van der Waals surface area contributed by atoms with Crippen LogP contribution in [-0.2, 0) is 11.2 Å². The minimum absolute atomic E-state index is 0.0517. The van der Waals surface area contributed by atoms with Crippen molar-refractivity contribution in [3.8, 4) is 22.6 Å². The molecule has 0 aromatic heterocycles. The largest absolute Gasteiger partial charge is 0.488 e. The second-order valence-corrected chi connectivity index (χ2v) is 7.98. The van der Waals surface area contributed by atoms with Gasteiger partial charge in [0.05, 0.1) is 12.2 Å². The molecule has 0 bridgehead atoms. The highest BCUT2D eigenvalue weighted by Crippen LogP contribution is 2.23. The maximum Gasteiger partial charge on any atom is 0.343 e. The molecule has 3 rings (SSSR count). The van der Waals surface area contributed by atoms with Crippen molar-refractivity contribution in [3.05, 3.63) is 83.9 Å². The van der Waals surface area contributed by atoms with Crippen LogP contribution in [0, 0.1) is 0 Å². The Bertz CT molecular complexity index is 960. The van der Waals surface area contributed by atoms with E-state index in [0.29, 0.717) is 23.7 Å². The molecule has 0 heterocycles. The number of carbonyl (C=O) groups is 1. The third kappa shape index (κ3) is 6.96. The molecule has 0 aliphatic heterocycles. The number of methoxy groups -OCH3 is 1. The molecule has 0 aliphatic carbocycles. The summed E-state index contributed by atoms with van der Waals surface area (Å²) >= 11 is 0. The molecule has 0 unspecified atom stereocenters. The van der Waals surface area contributed by atoms with Crippen molar-refractivity contribution in [2.45, 2.75) is 45.6 Å². The van der Waals surface area contributed by atoms with Crippen LogP contribution in [0.5, 0.6) is 11.5 Å². The number of hydrogen-bond acceptors (Lipinski definition) is 4. The van der Waals surface area contributed by atoms with Crippen LogP contribution < -0.4 is 9.47 Å². The summed E-state index contributed by atoms with van der Waals surface area (Å²) in [6.07, 6.45) is 4.81. The fourth-order valence-corrected chi connectivity index (χ4v) is 3.50. The minimum atomic E-state index is -0.385. The topological polar surface area (TPSA) is 44.8 Å². The van der Waals surface area contributed by atoms with Gasteiger partial charge in [-0.1, -0.05) is 56.2 Å². The lowest BCUT2D eigenvalue weighted by atomic mass is 10.0. The number of hydrogen-bond donors (Lipinski definition) is 0. The molecule has 0 radical (unpaired) electrons. The van der Waals surface area contributed by atoms with E-state index in [9.17, 15) is 4.79 Å². The van der Waals surface area contributed by atoms with Gasteiger partial charge in [-0.05, 0) is 72.9 Å². The first-order chi connectivity index (χ1) is 15.6. The van der Waals surface area contributed by atoms with Crippen LogP contribution in [0.15, 0.2) is 72.8 Å². The van der Waals surface area contributed by atoms with Gasteiger partial charge in [0.1, 0.15) is 17.6 Å². The molecule has 3 aromatic carbocycles. The molecular formula is C28H32O4. The van der Waals surface area contributed by atoms with Gasteiger partial charge < -0.3 is 14.2 Å². The average molecular weight is 433 g/mol. The second kappa shape index (κ2) is 12.1. The van der Waals surface area contributed by atoms with Gasteiger partial charge in [0.2, 0.25) is 0 Å². The molecule has 0 aliphatic rings. The van der Waals surface area contributed by atoms with E-state index in [1.54, 1.807) is 43.5 Å². The Kier molecular flexibility index (Phi) is 8.88. The second-order valence-electron chi connectivity index (χ2n) is 7.98. The highest BCUT2D eigenvalue weighted by Gasteiger charge is 2.10. The summed E-state index contributed by atoms with van der Waals surface area (Å²) in [6.45, 7) is 4.66. The Hall–Kier alpha value is -3.11. The summed E-state index contributed by atoms with van der Waals surface area (Å²) < 4.78 is 16.3. The van der Waals surface area contributed by atoms with Gasteiger partial charge in [0.15, 0.2) is 0 Å². The molecule has 4 heteroatoms. The molecule has 32 heavy (non-hydrogen) atoms. The van der Waals surface area contributed by atoms with Crippen LogP contribution in [0.2, 0.25) is 0 Å². The van der Waals surface area contributed by atoms with Crippen LogP contribution >= 0.6 is 0 Å². The molecule has 0 N–H and O–H groups in total. The first-order valence-corrected chi connectivity index (χ1v) is 11.3. The van der Waals surface area contributed by atoms with Crippen molar-refractivity contribution in [2.24, 2.45) is 0 Å². The Morgan fingerprint density at radius 3 is 2.00 bits per heavy atom. The van der Waals surface area contributed by atoms with Crippen molar-refractivity contribution in [2.75, 3.05) is 13.7 Å². The number of unbranched alkanes of at least 4 members (excludes halogenated alkanes) is 2. The zero-order valence-corrected chi connectivity index (χ0v) is 19.2. The summed E-state index contributed by atoms with van der Waals surface area (Å²) in [6, 6.07) is 23.2. The monoisotopic (exact) mass is 432 g/mol. The molecule has 0 saturated carbocycles. The van der Waals surface area contributed by atoms with Crippen molar-refractivity contribution >= 4 is 5.97 Å². The average Bonchev–Trinajstić information content (AvgIpc) is 2.81. The van der Waals surface area contributed by atoms with E-state index < -0.39 is 0 Å². The summed E-state index contributed by atoms with van der Waals surface area (Å²) in [7, 11) is 1.64. The van der Waals surface area contributed by atoms with E-state index in [2.05, 4.69) is 31.2 Å². The number of rotatable bonds is 11. The van der Waals surface area contributed by atoms with Gasteiger partial charge in [-0.3, -0.25) is 0 Å². The fourth-order valence-electron chi connectivity index (χ4n) is 3.50. The number of carbonyl (C=O) groups excluding carboxylic acids is 1. The van der Waals surface area contributed by atoms with Crippen LogP contribution in [0.25, 0.3) is 11.1 Å². The number of aryl methyl sites for hydroxylation is 1. The van der Waals surface area contributed by atoms with Crippen molar-refractivity contribution in [1.29, 1.82) is 0 Å². The van der Waals surface area contributed by atoms with Crippen molar-refractivity contribution < 1.29 is 19.0 Å². The molecule has 0 spiro atoms. The maximum atomic E-state index is 12.5. The number of esters is 1. The Labute approximate surface area is 191 Å². The van der Waals surface area contributed by atoms with Crippen LogP contribution in [-0.4, -0.2) is 25.8 Å². The predicted molar refractivity (Wildman–Crippen MR) is 128 cm³/mol. The van der Waals surface area contributed by atoms with Gasteiger partial charge in [-0.15, -0.1) is 0 Å². The van der Waals surface area contributed by atoms with E-state index in [1.165, 1.54) is 24.8 Å². The van der Waals surface area contributed by atoms with Gasteiger partial charge >= 0.3 is 5.97 Å². The third-order valence-electron chi connectivity index (χ3n) is 5.25. The zero-order chi connectivity index (χ0) is 22.8. The molecule has 0 amide bonds. The first kappa shape index (κ1) is 23.6.